The van der Waals surface area contributed by atoms with Gasteiger partial charge in [0, 0.05) is 11.3 Å². The number of ketones is 1. The van der Waals surface area contributed by atoms with E-state index in [0.717, 1.165) is 11.4 Å². The molecule has 0 saturated heterocycles. The highest BCUT2D eigenvalue weighted by Crippen LogP contribution is 2.19. The summed E-state index contributed by atoms with van der Waals surface area (Å²) in [5.41, 5.74) is 3.56. The molecule has 0 atom stereocenters. The number of Topliss-reactive ketones (excluding diaryl/α,β-unsaturated/α-hetero) is 1. The van der Waals surface area contributed by atoms with Gasteiger partial charge in [-0.3, -0.25) is 4.79 Å². The zero-order valence-electron chi connectivity index (χ0n) is 10.6. The Kier molecular flexibility index (Phi) is 2.99. The first kappa shape index (κ1) is 12.1. The van der Waals surface area contributed by atoms with Crippen molar-refractivity contribution < 1.29 is 4.79 Å². The Balaban J connectivity index is 2.72. The number of hydrogen-bond acceptors (Lipinski definition) is 3. The van der Waals surface area contributed by atoms with Gasteiger partial charge in [0.25, 0.3) is 0 Å². The van der Waals surface area contributed by atoms with Crippen LogP contribution in [-0.2, 0) is 0 Å². The van der Waals surface area contributed by atoms with E-state index in [-0.39, 0.29) is 5.78 Å². The summed E-state index contributed by atoms with van der Waals surface area (Å²) in [6.45, 7) is 5.32. The zero-order valence-corrected chi connectivity index (χ0v) is 10.6. The summed E-state index contributed by atoms with van der Waals surface area (Å²) in [6.07, 6.45) is 0. The second kappa shape index (κ2) is 4.46. The molecule has 0 spiro atoms. The summed E-state index contributed by atoms with van der Waals surface area (Å²) in [5.74, 6) is -0.0398. The quantitative estimate of drug-likeness (QED) is 0.757. The van der Waals surface area contributed by atoms with E-state index in [2.05, 4.69) is 11.2 Å². The normalized spacial score (nSPS) is 10.1. The molecule has 0 saturated carbocycles. The molecule has 0 amide bonds. The van der Waals surface area contributed by atoms with Gasteiger partial charge in [-0.15, -0.1) is 0 Å². The van der Waals surface area contributed by atoms with Gasteiger partial charge in [-0.1, -0.05) is 0 Å². The van der Waals surface area contributed by atoms with Gasteiger partial charge in [0.05, 0.1) is 23.0 Å². The van der Waals surface area contributed by atoms with Gasteiger partial charge in [0.1, 0.15) is 0 Å². The van der Waals surface area contributed by atoms with Crippen molar-refractivity contribution in [2.45, 2.75) is 20.8 Å². The van der Waals surface area contributed by atoms with Gasteiger partial charge in [0.15, 0.2) is 5.78 Å². The number of benzene rings is 1. The molecule has 2 aromatic rings. The molecule has 0 aliphatic rings. The molecular weight excluding hydrogens is 226 g/mol. The minimum Gasteiger partial charge on any atom is -0.294 e. The largest absolute Gasteiger partial charge is 0.294 e. The van der Waals surface area contributed by atoms with Crippen LogP contribution >= 0.6 is 0 Å². The smallest absolute Gasteiger partial charge is 0.161 e. The highest BCUT2D eigenvalue weighted by Gasteiger charge is 2.13. The van der Waals surface area contributed by atoms with Gasteiger partial charge >= 0.3 is 0 Å². The molecule has 1 aromatic heterocycles. The third kappa shape index (κ3) is 2.03. The summed E-state index contributed by atoms with van der Waals surface area (Å²) in [6, 6.07) is 9.02. The standard InChI is InChI=1S/C14H13N3O/c1-9-6-10(2)17(16-9)14-7-12(8-15)4-5-13(14)11(3)18/h4-7H,1-3H3. The van der Waals surface area contributed by atoms with Crippen LogP contribution in [0.4, 0.5) is 0 Å². The van der Waals surface area contributed by atoms with E-state index in [1.54, 1.807) is 22.9 Å². The molecule has 0 N–H and O–H groups in total. The Hall–Kier alpha value is -2.41. The molecular formula is C14H13N3O. The van der Waals surface area contributed by atoms with Gasteiger partial charge < -0.3 is 0 Å². The van der Waals surface area contributed by atoms with Crippen LogP contribution in [0.3, 0.4) is 0 Å². The average Bonchev–Trinajstić information content (AvgIpc) is 2.67. The fourth-order valence-corrected chi connectivity index (χ4v) is 1.95. The Morgan fingerprint density at radius 2 is 2.06 bits per heavy atom. The number of nitriles is 1. The van der Waals surface area contributed by atoms with Crippen molar-refractivity contribution >= 4 is 5.78 Å². The summed E-state index contributed by atoms with van der Waals surface area (Å²) < 4.78 is 1.70. The first-order valence-electron chi connectivity index (χ1n) is 5.61. The van der Waals surface area contributed by atoms with Gasteiger partial charge in [-0.25, -0.2) is 4.68 Å². The van der Waals surface area contributed by atoms with E-state index in [1.165, 1.54) is 6.92 Å². The number of aromatic nitrogens is 2. The fraction of sp³-hybridized carbons (Fsp3) is 0.214. The second-order valence-electron chi connectivity index (χ2n) is 4.24. The Morgan fingerprint density at radius 1 is 1.33 bits per heavy atom. The zero-order chi connectivity index (χ0) is 13.3. The lowest BCUT2D eigenvalue weighted by Crippen LogP contribution is -2.07. The van der Waals surface area contributed by atoms with Crippen LogP contribution in [0.15, 0.2) is 24.3 Å². The van der Waals surface area contributed by atoms with Crippen molar-refractivity contribution in [2.75, 3.05) is 0 Å². The maximum Gasteiger partial charge on any atom is 0.161 e. The SMILES string of the molecule is CC(=O)c1ccc(C#N)cc1-n1nc(C)cc1C. The van der Waals surface area contributed by atoms with E-state index < -0.39 is 0 Å². The van der Waals surface area contributed by atoms with Crippen molar-refractivity contribution in [2.24, 2.45) is 0 Å². The lowest BCUT2D eigenvalue weighted by Gasteiger charge is -2.09. The van der Waals surface area contributed by atoms with Crippen molar-refractivity contribution in [3.05, 3.63) is 46.8 Å². The van der Waals surface area contributed by atoms with Crippen LogP contribution in [0.5, 0.6) is 0 Å². The van der Waals surface area contributed by atoms with Crippen LogP contribution in [0.25, 0.3) is 5.69 Å². The number of carbonyl (C=O) groups excluding carboxylic acids is 1. The Morgan fingerprint density at radius 3 is 2.56 bits per heavy atom. The monoisotopic (exact) mass is 239 g/mol. The number of aryl methyl sites for hydroxylation is 2. The highest BCUT2D eigenvalue weighted by atomic mass is 16.1. The number of rotatable bonds is 2. The van der Waals surface area contributed by atoms with Crippen molar-refractivity contribution in [1.29, 1.82) is 5.26 Å². The predicted octanol–water partition coefficient (Wildman–Crippen LogP) is 2.56. The number of carbonyl (C=O) groups is 1. The number of hydrogen-bond donors (Lipinski definition) is 0. The van der Waals surface area contributed by atoms with Gasteiger partial charge in [-0.05, 0) is 45.0 Å². The maximum absolute atomic E-state index is 11.6. The van der Waals surface area contributed by atoms with E-state index in [0.29, 0.717) is 16.8 Å². The highest BCUT2D eigenvalue weighted by molar-refractivity contribution is 5.97. The van der Waals surface area contributed by atoms with Gasteiger partial charge in [-0.2, -0.15) is 10.4 Å². The lowest BCUT2D eigenvalue weighted by atomic mass is 10.1. The number of nitrogens with zero attached hydrogens (tertiary/aromatic N) is 3. The summed E-state index contributed by atoms with van der Waals surface area (Å²) in [5, 5.41) is 13.3. The van der Waals surface area contributed by atoms with Crippen molar-refractivity contribution in [1.82, 2.24) is 9.78 Å². The maximum atomic E-state index is 11.6. The van der Waals surface area contributed by atoms with Gasteiger partial charge in [0.2, 0.25) is 0 Å². The van der Waals surface area contributed by atoms with Crippen molar-refractivity contribution in [3.8, 4) is 11.8 Å². The Labute approximate surface area is 105 Å². The van der Waals surface area contributed by atoms with Crippen LogP contribution in [0.1, 0.15) is 34.2 Å². The third-order valence-corrected chi connectivity index (χ3v) is 2.74. The van der Waals surface area contributed by atoms with Crippen LogP contribution < -0.4 is 0 Å². The minimum absolute atomic E-state index is 0.0398. The second-order valence-corrected chi connectivity index (χ2v) is 4.24. The molecule has 0 fully saturated rings. The van der Waals surface area contributed by atoms with E-state index in [4.69, 9.17) is 5.26 Å². The van der Waals surface area contributed by atoms with Crippen LogP contribution in [0.2, 0.25) is 0 Å². The molecule has 2 rings (SSSR count). The van der Waals surface area contributed by atoms with Crippen LogP contribution in [-0.4, -0.2) is 15.6 Å². The molecule has 90 valence electrons. The molecule has 0 bridgehead atoms. The minimum atomic E-state index is -0.0398. The fourth-order valence-electron chi connectivity index (χ4n) is 1.95. The molecule has 1 aromatic carbocycles. The lowest BCUT2D eigenvalue weighted by molar-refractivity contribution is 0.101. The molecule has 18 heavy (non-hydrogen) atoms. The predicted molar refractivity (Wildman–Crippen MR) is 67.8 cm³/mol. The molecule has 1 heterocycles. The third-order valence-electron chi connectivity index (χ3n) is 2.74. The molecule has 4 heteroatoms. The summed E-state index contributed by atoms with van der Waals surface area (Å²) in [7, 11) is 0. The van der Waals surface area contributed by atoms with E-state index >= 15 is 0 Å². The first-order chi connectivity index (χ1) is 8.52. The molecule has 0 unspecified atom stereocenters. The van der Waals surface area contributed by atoms with Crippen molar-refractivity contribution in [3.63, 3.8) is 0 Å². The molecule has 0 aliphatic carbocycles. The summed E-state index contributed by atoms with van der Waals surface area (Å²) >= 11 is 0. The molecule has 0 aliphatic heterocycles. The molecule has 0 radical (unpaired) electrons. The van der Waals surface area contributed by atoms with Crippen LogP contribution in [0, 0.1) is 25.2 Å². The first-order valence-corrected chi connectivity index (χ1v) is 5.61. The topological polar surface area (TPSA) is 58.7 Å². The average molecular weight is 239 g/mol. The summed E-state index contributed by atoms with van der Waals surface area (Å²) in [4.78, 5) is 11.6. The van der Waals surface area contributed by atoms with E-state index in [1.807, 2.05) is 19.9 Å². The van der Waals surface area contributed by atoms with E-state index in [9.17, 15) is 4.79 Å². The molecule has 4 nitrogen and oxygen atoms in total. The Bertz CT molecular complexity index is 662.